The molecule has 0 bridgehead atoms. The Labute approximate surface area is 163 Å². The van der Waals surface area contributed by atoms with Gasteiger partial charge < -0.3 is 14.7 Å². The van der Waals surface area contributed by atoms with Crippen molar-refractivity contribution in [2.75, 3.05) is 20.7 Å². The molecule has 0 aromatic heterocycles. The summed E-state index contributed by atoms with van der Waals surface area (Å²) in [5, 5.41) is 20.5. The summed E-state index contributed by atoms with van der Waals surface area (Å²) >= 11 is 0. The molecule has 148 valence electrons. The highest BCUT2D eigenvalue weighted by Gasteiger charge is 2.25. The van der Waals surface area contributed by atoms with E-state index in [1.54, 1.807) is 19.1 Å². The number of nitro benzene ring substituents is 1. The Bertz CT molecular complexity index is 896. The van der Waals surface area contributed by atoms with Gasteiger partial charge in [0, 0.05) is 25.6 Å². The Hall–Kier alpha value is -3.09. The Kier molecular flexibility index (Phi) is 5.82. The van der Waals surface area contributed by atoms with Crippen LogP contribution < -0.4 is 4.74 Å². The molecule has 0 fully saturated rings. The van der Waals surface area contributed by atoms with Gasteiger partial charge in [0.05, 0.1) is 18.5 Å². The number of likely N-dealkylation sites (N-methyl/N-ethyl adjacent to an activating group) is 1. The van der Waals surface area contributed by atoms with Gasteiger partial charge in [-0.25, -0.2) is 0 Å². The highest BCUT2D eigenvalue weighted by Crippen LogP contribution is 2.37. The van der Waals surface area contributed by atoms with Gasteiger partial charge in [-0.15, -0.1) is 0 Å². The van der Waals surface area contributed by atoms with E-state index in [4.69, 9.17) is 4.74 Å². The molecule has 1 N–H and O–H groups in total. The molecule has 7 heteroatoms. The molecule has 1 amide bonds. The van der Waals surface area contributed by atoms with Crippen LogP contribution >= 0.6 is 0 Å². The van der Waals surface area contributed by atoms with Gasteiger partial charge in [0.1, 0.15) is 5.75 Å². The maximum atomic E-state index is 12.7. The fourth-order valence-electron chi connectivity index (χ4n) is 3.86. The van der Waals surface area contributed by atoms with Crippen LogP contribution in [0.1, 0.15) is 35.4 Å². The number of ether oxygens (including phenoxy) is 1. The van der Waals surface area contributed by atoms with Crippen LogP contribution in [0, 0.1) is 10.1 Å². The van der Waals surface area contributed by atoms with Crippen LogP contribution in [0.15, 0.2) is 36.4 Å². The minimum absolute atomic E-state index is 0.0509. The number of nitro groups is 1. The molecule has 0 radical (unpaired) electrons. The third-order valence-electron chi connectivity index (χ3n) is 5.32. The molecule has 0 unspecified atom stereocenters. The number of nitrogens with zero attached hydrogens (tertiary/aromatic N) is 2. The van der Waals surface area contributed by atoms with Crippen molar-refractivity contribution in [2.24, 2.45) is 0 Å². The lowest BCUT2D eigenvalue weighted by atomic mass is 9.82. The largest absolute Gasteiger partial charge is 0.502 e. The van der Waals surface area contributed by atoms with Crippen molar-refractivity contribution in [1.29, 1.82) is 0 Å². The molecule has 28 heavy (non-hydrogen) atoms. The van der Waals surface area contributed by atoms with E-state index in [1.807, 2.05) is 12.1 Å². The van der Waals surface area contributed by atoms with Gasteiger partial charge in [0.2, 0.25) is 5.91 Å². The zero-order chi connectivity index (χ0) is 20.3. The van der Waals surface area contributed by atoms with Gasteiger partial charge in [-0.2, -0.15) is 0 Å². The smallest absolute Gasteiger partial charge is 0.310 e. The number of methoxy groups -OCH3 is 1. The van der Waals surface area contributed by atoms with Crippen LogP contribution in [-0.4, -0.2) is 41.5 Å². The summed E-state index contributed by atoms with van der Waals surface area (Å²) in [7, 11) is 3.43. The number of fused-ring (bicyclic) bond motifs is 1. The second-order valence-electron chi connectivity index (χ2n) is 7.15. The van der Waals surface area contributed by atoms with Gasteiger partial charge in [0.25, 0.3) is 0 Å². The predicted octanol–water partition coefficient (Wildman–Crippen LogP) is 3.43. The number of hydrogen-bond donors (Lipinski definition) is 1. The Morgan fingerprint density at radius 2 is 2.14 bits per heavy atom. The highest BCUT2D eigenvalue weighted by atomic mass is 16.6. The summed E-state index contributed by atoms with van der Waals surface area (Å²) in [6.07, 6.45) is 3.08. The van der Waals surface area contributed by atoms with Gasteiger partial charge >= 0.3 is 5.69 Å². The van der Waals surface area contributed by atoms with E-state index < -0.39 is 10.7 Å². The summed E-state index contributed by atoms with van der Waals surface area (Å²) in [5.41, 5.74) is 2.56. The number of amides is 1. The molecule has 0 aliphatic heterocycles. The fourth-order valence-corrected chi connectivity index (χ4v) is 3.86. The molecule has 1 aliphatic carbocycles. The predicted molar refractivity (Wildman–Crippen MR) is 105 cm³/mol. The quantitative estimate of drug-likeness (QED) is 0.608. The molecular weight excluding hydrogens is 360 g/mol. The average Bonchev–Trinajstić information content (AvgIpc) is 2.68. The van der Waals surface area contributed by atoms with E-state index in [0.717, 1.165) is 25.0 Å². The van der Waals surface area contributed by atoms with E-state index in [-0.39, 0.29) is 23.9 Å². The van der Waals surface area contributed by atoms with Crippen molar-refractivity contribution in [3.63, 3.8) is 0 Å². The molecule has 3 rings (SSSR count). The lowest BCUT2D eigenvalue weighted by Crippen LogP contribution is -2.33. The van der Waals surface area contributed by atoms with E-state index in [2.05, 4.69) is 6.07 Å². The molecule has 7 nitrogen and oxygen atoms in total. The minimum atomic E-state index is -0.653. The van der Waals surface area contributed by atoms with Crippen LogP contribution in [0.3, 0.4) is 0 Å². The SMILES string of the molecule is COc1cccc2c1CCC[C@H]2CN(C)C(=O)Cc1ccc(O)c([N+](=O)[O-])c1. The molecule has 0 heterocycles. The number of phenolic OH excluding ortho intramolecular Hbond substituents is 1. The van der Waals surface area contributed by atoms with Gasteiger partial charge in [-0.1, -0.05) is 18.2 Å². The maximum Gasteiger partial charge on any atom is 0.310 e. The number of carbonyl (C=O) groups excluding carboxylic acids is 1. The van der Waals surface area contributed by atoms with E-state index in [0.29, 0.717) is 12.1 Å². The summed E-state index contributed by atoms with van der Waals surface area (Å²) in [5.74, 6) is 0.617. The summed E-state index contributed by atoms with van der Waals surface area (Å²) in [6, 6.07) is 10.1. The molecule has 0 saturated heterocycles. The van der Waals surface area contributed by atoms with Crippen LogP contribution in [0.5, 0.6) is 11.5 Å². The number of carbonyl (C=O) groups is 1. The van der Waals surface area contributed by atoms with Gasteiger partial charge in [0.15, 0.2) is 5.75 Å². The van der Waals surface area contributed by atoms with Crippen molar-refractivity contribution >= 4 is 11.6 Å². The average molecular weight is 384 g/mol. The number of benzene rings is 2. The maximum absolute atomic E-state index is 12.7. The Morgan fingerprint density at radius 1 is 1.36 bits per heavy atom. The van der Waals surface area contributed by atoms with Crippen molar-refractivity contribution in [1.82, 2.24) is 4.90 Å². The first-order valence-corrected chi connectivity index (χ1v) is 9.26. The monoisotopic (exact) mass is 384 g/mol. The second-order valence-corrected chi connectivity index (χ2v) is 7.15. The van der Waals surface area contributed by atoms with Crippen LogP contribution in [0.4, 0.5) is 5.69 Å². The van der Waals surface area contributed by atoms with Crippen LogP contribution in [-0.2, 0) is 17.6 Å². The van der Waals surface area contributed by atoms with Crippen LogP contribution in [0.25, 0.3) is 0 Å². The van der Waals surface area contributed by atoms with Crippen molar-refractivity contribution < 1.29 is 19.6 Å². The molecule has 1 atom stereocenters. The zero-order valence-corrected chi connectivity index (χ0v) is 16.1. The van der Waals surface area contributed by atoms with Gasteiger partial charge in [-0.3, -0.25) is 14.9 Å². The third kappa shape index (κ3) is 4.08. The lowest BCUT2D eigenvalue weighted by molar-refractivity contribution is -0.385. The molecular formula is C21H24N2O5. The fraction of sp³-hybridized carbons (Fsp3) is 0.381. The topological polar surface area (TPSA) is 92.9 Å². The normalized spacial score (nSPS) is 15.6. The Balaban J connectivity index is 1.71. The molecule has 0 spiro atoms. The molecule has 2 aromatic carbocycles. The van der Waals surface area contributed by atoms with E-state index in [9.17, 15) is 20.0 Å². The Morgan fingerprint density at radius 3 is 2.86 bits per heavy atom. The third-order valence-corrected chi connectivity index (χ3v) is 5.32. The molecule has 0 saturated carbocycles. The first-order valence-electron chi connectivity index (χ1n) is 9.26. The second kappa shape index (κ2) is 8.29. The minimum Gasteiger partial charge on any atom is -0.502 e. The summed E-state index contributed by atoms with van der Waals surface area (Å²) in [6.45, 7) is 0.583. The van der Waals surface area contributed by atoms with Crippen LogP contribution in [0.2, 0.25) is 0 Å². The summed E-state index contributed by atoms with van der Waals surface area (Å²) < 4.78 is 5.48. The zero-order valence-electron chi connectivity index (χ0n) is 16.1. The van der Waals surface area contributed by atoms with E-state index in [1.165, 1.54) is 29.3 Å². The number of hydrogen-bond acceptors (Lipinski definition) is 5. The first kappa shape index (κ1) is 19.7. The summed E-state index contributed by atoms with van der Waals surface area (Å²) in [4.78, 5) is 24.6. The molecule has 1 aliphatic rings. The molecule has 2 aromatic rings. The van der Waals surface area contributed by atoms with E-state index >= 15 is 0 Å². The number of phenols is 1. The van der Waals surface area contributed by atoms with Gasteiger partial charge in [-0.05, 0) is 48.1 Å². The first-order chi connectivity index (χ1) is 13.4. The van der Waals surface area contributed by atoms with Crippen molar-refractivity contribution in [2.45, 2.75) is 31.6 Å². The van der Waals surface area contributed by atoms with Crippen molar-refractivity contribution in [3.8, 4) is 11.5 Å². The standard InChI is InChI=1S/C21H24N2O5/c1-22(21(25)12-14-9-10-19(24)18(11-14)23(26)27)13-15-5-3-7-17-16(15)6-4-8-20(17)28-2/h4,6,8-11,15,24H,3,5,7,12-13H2,1-2H3/t15-/m0/s1. The lowest BCUT2D eigenvalue weighted by Gasteiger charge is -2.30. The number of aromatic hydroxyl groups is 1. The number of rotatable bonds is 6. The highest BCUT2D eigenvalue weighted by molar-refractivity contribution is 5.79. The van der Waals surface area contributed by atoms with Crippen molar-refractivity contribution in [3.05, 3.63) is 63.2 Å².